The van der Waals surface area contributed by atoms with Gasteiger partial charge in [0.15, 0.2) is 0 Å². The lowest BCUT2D eigenvalue weighted by Gasteiger charge is -2.28. The first-order valence-electron chi connectivity index (χ1n) is 6.61. The van der Waals surface area contributed by atoms with E-state index in [2.05, 4.69) is 15.3 Å². The Morgan fingerprint density at radius 3 is 2.94 bits per heavy atom. The lowest BCUT2D eigenvalue weighted by Crippen LogP contribution is -2.47. The molecule has 2 unspecified atom stereocenters. The molecule has 18 heavy (non-hydrogen) atoms. The topological polar surface area (TPSA) is 58.0 Å². The van der Waals surface area contributed by atoms with Crippen LogP contribution in [0.3, 0.4) is 0 Å². The number of nitrogens with one attached hydrogen (secondary N) is 1. The van der Waals surface area contributed by atoms with Crippen molar-refractivity contribution in [2.75, 3.05) is 6.61 Å². The van der Waals surface area contributed by atoms with Gasteiger partial charge in [0, 0.05) is 29.2 Å². The number of nitrogens with zero attached hydrogens (tertiary/aromatic N) is 2. The first kappa shape index (κ1) is 12.4. The van der Waals surface area contributed by atoms with Crippen LogP contribution < -0.4 is 5.32 Å². The van der Waals surface area contributed by atoms with Crippen LogP contribution in [-0.2, 0) is 0 Å². The quantitative estimate of drug-likeness (QED) is 0.847. The third-order valence-electron chi connectivity index (χ3n) is 3.78. The van der Waals surface area contributed by atoms with Crippen molar-refractivity contribution < 1.29 is 5.11 Å². The zero-order valence-corrected chi connectivity index (χ0v) is 11.2. The molecular weight excluding hydrogens is 246 g/mol. The SMILES string of the molecule is OCC1(NC2CC2)CCC(Sc2cnccn2)C1. The van der Waals surface area contributed by atoms with Gasteiger partial charge in [-0.1, -0.05) is 0 Å². The highest BCUT2D eigenvalue weighted by Crippen LogP contribution is 2.40. The van der Waals surface area contributed by atoms with Crippen LogP contribution in [0.4, 0.5) is 0 Å². The summed E-state index contributed by atoms with van der Waals surface area (Å²) in [6, 6.07) is 0.650. The van der Waals surface area contributed by atoms with E-state index in [1.54, 1.807) is 24.2 Å². The van der Waals surface area contributed by atoms with Crippen molar-refractivity contribution in [3.05, 3.63) is 18.6 Å². The molecular formula is C13H19N3OS. The minimum absolute atomic E-state index is 0.0406. The van der Waals surface area contributed by atoms with Gasteiger partial charge in [0.1, 0.15) is 5.03 Å². The number of rotatable bonds is 5. The zero-order chi connectivity index (χ0) is 12.4. The molecule has 0 saturated heterocycles. The maximum absolute atomic E-state index is 9.68. The first-order valence-corrected chi connectivity index (χ1v) is 7.49. The summed E-state index contributed by atoms with van der Waals surface area (Å²) in [4.78, 5) is 8.40. The van der Waals surface area contributed by atoms with Gasteiger partial charge in [-0.25, -0.2) is 4.98 Å². The molecule has 0 bridgehead atoms. The van der Waals surface area contributed by atoms with Crippen LogP contribution in [0.2, 0.25) is 0 Å². The van der Waals surface area contributed by atoms with Crippen molar-refractivity contribution in [2.24, 2.45) is 0 Å². The summed E-state index contributed by atoms with van der Waals surface area (Å²) in [6.07, 6.45) is 11.0. The highest BCUT2D eigenvalue weighted by atomic mass is 32.2. The average Bonchev–Trinajstić information content (AvgIpc) is 3.12. The summed E-state index contributed by atoms with van der Waals surface area (Å²) in [5.41, 5.74) is -0.0406. The van der Waals surface area contributed by atoms with Crippen LogP contribution in [0.5, 0.6) is 0 Å². The van der Waals surface area contributed by atoms with E-state index >= 15 is 0 Å². The summed E-state index contributed by atoms with van der Waals surface area (Å²) in [6.45, 7) is 0.251. The standard InChI is InChI=1S/C13H19N3OS/c17-9-13(16-10-1-2-10)4-3-11(7-13)18-12-8-14-5-6-15-12/h5-6,8,10-11,16-17H,1-4,7,9H2. The summed E-state index contributed by atoms with van der Waals surface area (Å²) in [7, 11) is 0. The third kappa shape index (κ3) is 2.84. The second-order valence-electron chi connectivity index (χ2n) is 5.38. The van der Waals surface area contributed by atoms with Crippen molar-refractivity contribution in [3.63, 3.8) is 0 Å². The number of hydrogen-bond donors (Lipinski definition) is 2. The molecule has 0 spiro atoms. The average molecular weight is 265 g/mol. The Kier molecular flexibility index (Phi) is 3.54. The van der Waals surface area contributed by atoms with Crippen molar-refractivity contribution in [1.29, 1.82) is 0 Å². The van der Waals surface area contributed by atoms with E-state index in [9.17, 15) is 5.11 Å². The molecule has 2 N–H and O–H groups in total. The molecule has 1 heterocycles. The van der Waals surface area contributed by atoms with Crippen LogP contribution in [0, 0.1) is 0 Å². The molecule has 2 aliphatic rings. The Morgan fingerprint density at radius 2 is 2.28 bits per heavy atom. The van der Waals surface area contributed by atoms with E-state index in [1.165, 1.54) is 12.8 Å². The van der Waals surface area contributed by atoms with Crippen molar-refractivity contribution >= 4 is 11.8 Å². The van der Waals surface area contributed by atoms with Gasteiger partial charge in [-0.05, 0) is 32.1 Å². The molecule has 2 atom stereocenters. The molecule has 2 aliphatic carbocycles. The van der Waals surface area contributed by atoms with Crippen LogP contribution in [0.1, 0.15) is 32.1 Å². The van der Waals surface area contributed by atoms with Gasteiger partial charge in [-0.3, -0.25) is 4.98 Å². The summed E-state index contributed by atoms with van der Waals surface area (Å²) in [5, 5.41) is 14.8. The van der Waals surface area contributed by atoms with Gasteiger partial charge in [0.05, 0.1) is 12.8 Å². The van der Waals surface area contributed by atoms with Gasteiger partial charge in [0.2, 0.25) is 0 Å². The van der Waals surface area contributed by atoms with Crippen molar-refractivity contribution in [3.8, 4) is 0 Å². The minimum Gasteiger partial charge on any atom is -0.394 e. The maximum Gasteiger partial charge on any atom is 0.115 e. The molecule has 0 amide bonds. The molecule has 4 nitrogen and oxygen atoms in total. The van der Waals surface area contributed by atoms with Crippen molar-refractivity contribution in [2.45, 2.75) is 54.0 Å². The smallest absolute Gasteiger partial charge is 0.115 e. The molecule has 0 aromatic carbocycles. The number of hydrogen-bond acceptors (Lipinski definition) is 5. The Labute approximate surface area is 112 Å². The largest absolute Gasteiger partial charge is 0.394 e. The Balaban J connectivity index is 1.59. The van der Waals surface area contributed by atoms with Gasteiger partial charge in [-0.15, -0.1) is 11.8 Å². The highest BCUT2D eigenvalue weighted by molar-refractivity contribution is 7.99. The van der Waals surface area contributed by atoms with Gasteiger partial charge in [-0.2, -0.15) is 0 Å². The fourth-order valence-corrected chi connectivity index (χ4v) is 3.90. The predicted octanol–water partition coefficient (Wildman–Crippen LogP) is 1.60. The van der Waals surface area contributed by atoms with E-state index in [4.69, 9.17) is 0 Å². The number of thioether (sulfide) groups is 1. The minimum atomic E-state index is -0.0406. The number of aromatic nitrogens is 2. The van der Waals surface area contributed by atoms with E-state index in [1.807, 2.05) is 6.20 Å². The Hall–Kier alpha value is -0.650. The molecule has 2 fully saturated rings. The Morgan fingerprint density at radius 1 is 1.39 bits per heavy atom. The highest BCUT2D eigenvalue weighted by Gasteiger charge is 2.42. The molecule has 5 heteroatoms. The van der Waals surface area contributed by atoms with E-state index in [0.717, 1.165) is 24.3 Å². The first-order chi connectivity index (χ1) is 8.80. The Bertz CT molecular complexity index is 398. The van der Waals surface area contributed by atoms with Crippen molar-refractivity contribution in [1.82, 2.24) is 15.3 Å². The molecule has 0 aliphatic heterocycles. The fourth-order valence-electron chi connectivity index (χ4n) is 2.68. The van der Waals surface area contributed by atoms with Crippen LogP contribution in [-0.4, -0.2) is 38.5 Å². The number of aliphatic hydroxyl groups excluding tert-OH is 1. The third-order valence-corrected chi connectivity index (χ3v) is 4.97. The summed E-state index contributed by atoms with van der Waals surface area (Å²) < 4.78 is 0. The van der Waals surface area contributed by atoms with E-state index in [0.29, 0.717) is 11.3 Å². The van der Waals surface area contributed by atoms with Crippen LogP contribution in [0.25, 0.3) is 0 Å². The molecule has 3 rings (SSSR count). The van der Waals surface area contributed by atoms with E-state index < -0.39 is 0 Å². The molecule has 1 aromatic heterocycles. The monoisotopic (exact) mass is 265 g/mol. The maximum atomic E-state index is 9.68. The normalized spacial score (nSPS) is 31.7. The second kappa shape index (κ2) is 5.15. The lowest BCUT2D eigenvalue weighted by atomic mass is 9.99. The second-order valence-corrected chi connectivity index (χ2v) is 6.70. The van der Waals surface area contributed by atoms with Crippen LogP contribution >= 0.6 is 11.8 Å². The lowest BCUT2D eigenvalue weighted by molar-refractivity contribution is 0.163. The molecule has 98 valence electrons. The zero-order valence-electron chi connectivity index (χ0n) is 10.4. The predicted molar refractivity (Wildman–Crippen MR) is 71.5 cm³/mol. The number of aliphatic hydroxyl groups is 1. The van der Waals surface area contributed by atoms with Gasteiger partial charge >= 0.3 is 0 Å². The summed E-state index contributed by atoms with van der Waals surface area (Å²) >= 11 is 1.79. The van der Waals surface area contributed by atoms with Gasteiger partial charge < -0.3 is 10.4 Å². The van der Waals surface area contributed by atoms with E-state index in [-0.39, 0.29) is 12.1 Å². The summed E-state index contributed by atoms with van der Waals surface area (Å²) in [5.74, 6) is 0. The van der Waals surface area contributed by atoms with Gasteiger partial charge in [0.25, 0.3) is 0 Å². The fraction of sp³-hybridized carbons (Fsp3) is 0.692. The molecule has 0 radical (unpaired) electrons. The van der Waals surface area contributed by atoms with Crippen LogP contribution in [0.15, 0.2) is 23.6 Å². The molecule has 2 saturated carbocycles. The molecule has 1 aromatic rings.